The minimum Gasteiger partial charge on any atom is -0.393 e. The predicted octanol–water partition coefficient (Wildman–Crippen LogP) is 3.28. The van der Waals surface area contributed by atoms with E-state index in [0.29, 0.717) is 29.5 Å². The lowest BCUT2D eigenvalue weighted by atomic mass is 9.79. The molecule has 0 saturated heterocycles. The Kier molecular flexibility index (Phi) is 4.22. The molecule has 4 heteroatoms. The number of aliphatic hydroxyl groups is 1. The maximum atomic E-state index is 13.7. The number of halogens is 1. The second-order valence-electron chi connectivity index (χ2n) is 6.97. The van der Waals surface area contributed by atoms with Crippen molar-refractivity contribution in [3.63, 3.8) is 0 Å². The number of benzene rings is 1. The van der Waals surface area contributed by atoms with Crippen molar-refractivity contribution in [2.45, 2.75) is 52.2 Å². The van der Waals surface area contributed by atoms with E-state index in [1.54, 1.807) is 13.0 Å². The zero-order valence-corrected chi connectivity index (χ0v) is 13.3. The normalized spacial score (nSPS) is 26.2. The van der Waals surface area contributed by atoms with E-state index < -0.39 is 0 Å². The lowest BCUT2D eigenvalue weighted by molar-refractivity contribution is 0.0647. The molecular formula is C18H24FNO2. The summed E-state index contributed by atoms with van der Waals surface area (Å²) in [6.45, 7) is 4.84. The Hall–Kier alpha value is -1.42. The molecule has 1 atom stereocenters. The van der Waals surface area contributed by atoms with Gasteiger partial charge in [0.1, 0.15) is 5.82 Å². The Morgan fingerprint density at radius 1 is 1.32 bits per heavy atom. The lowest BCUT2D eigenvalue weighted by Gasteiger charge is -2.32. The summed E-state index contributed by atoms with van der Waals surface area (Å²) < 4.78 is 13.7. The fourth-order valence-electron chi connectivity index (χ4n) is 3.81. The smallest absolute Gasteiger partial charge is 0.254 e. The molecule has 22 heavy (non-hydrogen) atoms. The number of hydrogen-bond acceptors (Lipinski definition) is 2. The quantitative estimate of drug-likeness (QED) is 0.931. The van der Waals surface area contributed by atoms with Gasteiger partial charge in [-0.15, -0.1) is 0 Å². The van der Waals surface area contributed by atoms with Crippen LogP contribution in [0.4, 0.5) is 4.39 Å². The third-order valence-electron chi connectivity index (χ3n) is 5.32. The van der Waals surface area contributed by atoms with Gasteiger partial charge in [0.25, 0.3) is 5.91 Å². The molecule has 1 fully saturated rings. The van der Waals surface area contributed by atoms with E-state index in [4.69, 9.17) is 0 Å². The molecule has 0 aromatic heterocycles. The maximum absolute atomic E-state index is 13.7. The maximum Gasteiger partial charge on any atom is 0.254 e. The van der Waals surface area contributed by atoms with Gasteiger partial charge in [-0.1, -0.05) is 0 Å². The molecule has 120 valence electrons. The first-order valence-corrected chi connectivity index (χ1v) is 8.22. The molecule has 1 N–H and O–H groups in total. The first kappa shape index (κ1) is 15.5. The highest BCUT2D eigenvalue weighted by Crippen LogP contribution is 2.33. The van der Waals surface area contributed by atoms with Gasteiger partial charge in [-0.25, -0.2) is 4.39 Å². The van der Waals surface area contributed by atoms with Crippen LogP contribution in [0.3, 0.4) is 0 Å². The van der Waals surface area contributed by atoms with Crippen LogP contribution in [0.25, 0.3) is 0 Å². The number of hydrogen-bond donors (Lipinski definition) is 1. The number of nitrogens with zero attached hydrogens (tertiary/aromatic N) is 1. The van der Waals surface area contributed by atoms with Crippen LogP contribution in [-0.4, -0.2) is 28.6 Å². The van der Waals surface area contributed by atoms with Gasteiger partial charge in [-0.2, -0.15) is 0 Å². The SMILES string of the molecule is Cc1cc2c(cc1F)CN(C[C@H]1CC[C@H](C(C)O)CC1)C2=O. The fourth-order valence-corrected chi connectivity index (χ4v) is 3.81. The number of carbonyl (C=O) groups excluding carboxylic acids is 1. The van der Waals surface area contributed by atoms with E-state index in [1.165, 1.54) is 6.07 Å². The van der Waals surface area contributed by atoms with Crippen LogP contribution in [0.2, 0.25) is 0 Å². The third-order valence-corrected chi connectivity index (χ3v) is 5.32. The Morgan fingerprint density at radius 2 is 2.00 bits per heavy atom. The average Bonchev–Trinajstić information content (AvgIpc) is 2.77. The molecule has 1 aliphatic heterocycles. The Morgan fingerprint density at radius 3 is 2.64 bits per heavy atom. The Balaban J connectivity index is 1.63. The summed E-state index contributed by atoms with van der Waals surface area (Å²) in [4.78, 5) is 14.3. The van der Waals surface area contributed by atoms with Crippen molar-refractivity contribution in [1.29, 1.82) is 0 Å². The topological polar surface area (TPSA) is 40.5 Å². The van der Waals surface area contributed by atoms with Gasteiger partial charge in [-0.3, -0.25) is 4.79 Å². The molecule has 0 radical (unpaired) electrons. The molecule has 1 amide bonds. The predicted molar refractivity (Wildman–Crippen MR) is 83.0 cm³/mol. The van der Waals surface area contributed by atoms with Crippen molar-refractivity contribution in [1.82, 2.24) is 4.90 Å². The van der Waals surface area contributed by atoms with Gasteiger partial charge in [0.05, 0.1) is 6.10 Å². The highest BCUT2D eigenvalue weighted by atomic mass is 19.1. The summed E-state index contributed by atoms with van der Waals surface area (Å²) in [6.07, 6.45) is 3.95. The van der Waals surface area contributed by atoms with E-state index >= 15 is 0 Å². The largest absolute Gasteiger partial charge is 0.393 e. The average molecular weight is 305 g/mol. The second-order valence-corrected chi connectivity index (χ2v) is 6.97. The van der Waals surface area contributed by atoms with Crippen LogP contribution in [0.5, 0.6) is 0 Å². The summed E-state index contributed by atoms with van der Waals surface area (Å²) in [5.41, 5.74) is 2.01. The number of amides is 1. The molecule has 1 aromatic rings. The minimum atomic E-state index is -0.232. The molecule has 3 nitrogen and oxygen atoms in total. The van der Waals surface area contributed by atoms with Gasteiger partial charge in [0.15, 0.2) is 0 Å². The summed E-state index contributed by atoms with van der Waals surface area (Å²) in [6, 6.07) is 3.18. The van der Waals surface area contributed by atoms with Crippen LogP contribution >= 0.6 is 0 Å². The van der Waals surface area contributed by atoms with Crippen LogP contribution in [0.15, 0.2) is 12.1 Å². The van der Waals surface area contributed by atoms with Gasteiger partial charge < -0.3 is 10.0 Å². The first-order chi connectivity index (χ1) is 10.5. The number of aryl methyl sites for hydroxylation is 1. The van der Waals surface area contributed by atoms with E-state index in [2.05, 4.69) is 0 Å². The Labute approximate surface area is 131 Å². The van der Waals surface area contributed by atoms with Gasteiger partial charge in [0, 0.05) is 18.7 Å². The van der Waals surface area contributed by atoms with Crippen LogP contribution < -0.4 is 0 Å². The van der Waals surface area contributed by atoms with Crippen molar-refractivity contribution in [3.8, 4) is 0 Å². The first-order valence-electron chi connectivity index (χ1n) is 8.22. The van der Waals surface area contributed by atoms with E-state index in [1.807, 2.05) is 11.8 Å². The minimum absolute atomic E-state index is 0.0377. The Bertz CT molecular complexity index is 577. The third kappa shape index (κ3) is 2.89. The van der Waals surface area contributed by atoms with Crippen molar-refractivity contribution in [2.75, 3.05) is 6.54 Å². The summed E-state index contributed by atoms with van der Waals surface area (Å²) >= 11 is 0. The highest BCUT2D eigenvalue weighted by molar-refractivity contribution is 5.98. The zero-order valence-electron chi connectivity index (χ0n) is 13.3. The van der Waals surface area contributed by atoms with Gasteiger partial charge in [0.2, 0.25) is 0 Å². The van der Waals surface area contributed by atoms with Gasteiger partial charge in [-0.05, 0) is 74.6 Å². The second kappa shape index (κ2) is 5.99. The van der Waals surface area contributed by atoms with Crippen molar-refractivity contribution < 1.29 is 14.3 Å². The lowest BCUT2D eigenvalue weighted by Crippen LogP contribution is -2.33. The molecule has 0 bridgehead atoms. The monoisotopic (exact) mass is 305 g/mol. The van der Waals surface area contributed by atoms with Crippen LogP contribution in [0.1, 0.15) is 54.1 Å². The van der Waals surface area contributed by atoms with E-state index in [0.717, 1.165) is 37.8 Å². The molecular weight excluding hydrogens is 281 g/mol. The number of rotatable bonds is 3. The van der Waals surface area contributed by atoms with Crippen LogP contribution in [-0.2, 0) is 6.54 Å². The van der Waals surface area contributed by atoms with Crippen molar-refractivity contribution >= 4 is 5.91 Å². The number of fused-ring (bicyclic) bond motifs is 1. The molecule has 1 heterocycles. The van der Waals surface area contributed by atoms with Gasteiger partial charge >= 0.3 is 0 Å². The molecule has 0 spiro atoms. The van der Waals surface area contributed by atoms with Crippen molar-refractivity contribution in [2.24, 2.45) is 11.8 Å². The standard InChI is InChI=1S/C18H24FNO2/c1-11-7-16-15(8-17(11)19)10-20(18(16)22)9-13-3-5-14(6-4-13)12(2)21/h7-8,12-14,21H,3-6,9-10H2,1-2H3/t12?,13-,14-. The van der Waals surface area contributed by atoms with E-state index in [9.17, 15) is 14.3 Å². The molecule has 3 rings (SSSR count). The molecule has 1 aliphatic carbocycles. The molecule has 1 aromatic carbocycles. The summed E-state index contributed by atoms with van der Waals surface area (Å²) in [5.74, 6) is 0.709. The number of carbonyl (C=O) groups is 1. The van der Waals surface area contributed by atoms with Crippen molar-refractivity contribution in [3.05, 3.63) is 34.6 Å². The summed E-state index contributed by atoms with van der Waals surface area (Å²) in [7, 11) is 0. The van der Waals surface area contributed by atoms with E-state index in [-0.39, 0.29) is 17.8 Å². The zero-order chi connectivity index (χ0) is 15.9. The highest BCUT2D eigenvalue weighted by Gasteiger charge is 2.32. The molecule has 1 unspecified atom stereocenters. The number of aliphatic hydroxyl groups excluding tert-OH is 1. The fraction of sp³-hybridized carbons (Fsp3) is 0.611. The molecule has 2 aliphatic rings. The van der Waals surface area contributed by atoms with Crippen LogP contribution in [0, 0.1) is 24.6 Å². The summed E-state index contributed by atoms with van der Waals surface area (Å²) in [5, 5.41) is 9.66. The molecule has 1 saturated carbocycles.